The number of Topliss-reactive ketones (excluding diaryl/α,β-unsaturated/α-hetero) is 1. The molecule has 1 unspecified atom stereocenters. The first kappa shape index (κ1) is 29.7. The number of methoxy groups -OCH3 is 1. The molecule has 1 amide bonds. The second-order valence-corrected chi connectivity index (χ2v) is 13.7. The largest absolute Gasteiger partial charge is 0.497 e. The van der Waals surface area contributed by atoms with Crippen LogP contribution in [0.25, 0.3) is 10.4 Å². The Hall–Kier alpha value is -4.01. The SMILES string of the molecule is COc1ccc(-c2ccc(CC(C)N=C3C=CCC(=O)C3=C3Cc4cc5c(cc4N3)CN(CCCN3CCCC3)C5=O)s2)cc1. The normalized spacial score (nSPS) is 21.0. The monoisotopic (exact) mass is 620 g/mol. The number of hydrogen-bond acceptors (Lipinski definition) is 7. The average molecular weight is 621 g/mol. The van der Waals surface area contributed by atoms with Crippen LogP contribution in [0.1, 0.15) is 59.0 Å². The van der Waals surface area contributed by atoms with Crippen molar-refractivity contribution in [2.45, 2.75) is 58.0 Å². The van der Waals surface area contributed by atoms with Crippen molar-refractivity contribution < 1.29 is 14.3 Å². The van der Waals surface area contributed by atoms with E-state index in [-0.39, 0.29) is 17.7 Å². The summed E-state index contributed by atoms with van der Waals surface area (Å²) in [5.74, 6) is 1.07. The Morgan fingerprint density at radius 3 is 2.64 bits per heavy atom. The third-order valence-corrected chi connectivity index (χ3v) is 10.4. The van der Waals surface area contributed by atoms with Crippen LogP contribution in [0, 0.1) is 0 Å². The van der Waals surface area contributed by atoms with Crippen molar-refractivity contribution in [1.29, 1.82) is 0 Å². The number of carbonyl (C=O) groups excluding carboxylic acids is 2. The second-order valence-electron chi connectivity index (χ2n) is 12.5. The molecule has 232 valence electrons. The third kappa shape index (κ3) is 6.26. The van der Waals surface area contributed by atoms with Gasteiger partial charge in [-0.15, -0.1) is 11.3 Å². The number of thiophene rings is 1. The summed E-state index contributed by atoms with van der Waals surface area (Å²) in [6.45, 7) is 7.01. The molecule has 8 heteroatoms. The lowest BCUT2D eigenvalue weighted by Gasteiger charge is -2.19. The lowest BCUT2D eigenvalue weighted by Crippen LogP contribution is -2.29. The van der Waals surface area contributed by atoms with Gasteiger partial charge in [-0.25, -0.2) is 0 Å². The summed E-state index contributed by atoms with van der Waals surface area (Å²) in [6.07, 6.45) is 9.28. The van der Waals surface area contributed by atoms with Crippen molar-refractivity contribution in [3.8, 4) is 16.2 Å². The highest BCUT2D eigenvalue weighted by molar-refractivity contribution is 7.15. The number of carbonyl (C=O) groups is 2. The number of ketones is 1. The van der Waals surface area contributed by atoms with Gasteiger partial charge < -0.3 is 19.9 Å². The number of amides is 1. The van der Waals surface area contributed by atoms with Gasteiger partial charge in [0.1, 0.15) is 5.75 Å². The number of nitrogens with one attached hydrogen (secondary N) is 1. The minimum Gasteiger partial charge on any atom is -0.497 e. The van der Waals surface area contributed by atoms with E-state index < -0.39 is 0 Å². The summed E-state index contributed by atoms with van der Waals surface area (Å²) in [4.78, 5) is 38.6. The Morgan fingerprint density at radius 2 is 1.84 bits per heavy atom. The van der Waals surface area contributed by atoms with Crippen molar-refractivity contribution in [2.24, 2.45) is 4.99 Å². The molecular weight excluding hydrogens is 580 g/mol. The van der Waals surface area contributed by atoms with Gasteiger partial charge in [0.2, 0.25) is 0 Å². The summed E-state index contributed by atoms with van der Waals surface area (Å²) in [7, 11) is 1.68. The van der Waals surface area contributed by atoms with Crippen LogP contribution in [0.4, 0.5) is 5.69 Å². The average Bonchev–Trinajstić information content (AvgIpc) is 3.85. The summed E-state index contributed by atoms with van der Waals surface area (Å²) in [6, 6.07) is 16.6. The van der Waals surface area contributed by atoms with Gasteiger partial charge in [0, 0.05) is 59.1 Å². The first-order valence-electron chi connectivity index (χ1n) is 16.1. The second kappa shape index (κ2) is 12.8. The topological polar surface area (TPSA) is 74.2 Å². The molecule has 1 atom stereocenters. The molecule has 7 nitrogen and oxygen atoms in total. The molecule has 1 aliphatic carbocycles. The van der Waals surface area contributed by atoms with E-state index in [1.165, 1.54) is 41.2 Å². The molecule has 0 bridgehead atoms. The molecular formula is C37H40N4O3S. The fraction of sp³-hybridized carbons (Fsp3) is 0.378. The molecule has 1 N–H and O–H groups in total. The first-order valence-corrected chi connectivity index (χ1v) is 17.0. The lowest BCUT2D eigenvalue weighted by atomic mass is 9.93. The molecule has 4 aliphatic rings. The molecule has 3 aromatic rings. The number of nitrogens with zero attached hydrogens (tertiary/aromatic N) is 3. The number of hydrogen-bond donors (Lipinski definition) is 1. The molecule has 4 heterocycles. The van der Waals surface area contributed by atoms with Crippen molar-refractivity contribution in [3.05, 3.63) is 93.5 Å². The number of ether oxygens (including phenoxy) is 1. The van der Waals surface area contributed by atoms with E-state index in [4.69, 9.17) is 9.73 Å². The molecule has 0 saturated carbocycles. The van der Waals surface area contributed by atoms with Crippen molar-refractivity contribution in [3.63, 3.8) is 0 Å². The summed E-state index contributed by atoms with van der Waals surface area (Å²) in [5, 5.41) is 3.56. The van der Waals surface area contributed by atoms with Crippen molar-refractivity contribution >= 4 is 34.4 Å². The van der Waals surface area contributed by atoms with Crippen LogP contribution in [-0.4, -0.2) is 66.5 Å². The number of allylic oxidation sites excluding steroid dienone is 4. The number of fused-ring (bicyclic) bond motifs is 2. The summed E-state index contributed by atoms with van der Waals surface area (Å²) < 4.78 is 5.29. The zero-order valence-corrected chi connectivity index (χ0v) is 26.9. The molecule has 0 radical (unpaired) electrons. The van der Waals surface area contributed by atoms with Gasteiger partial charge in [-0.1, -0.05) is 6.08 Å². The highest BCUT2D eigenvalue weighted by atomic mass is 32.1. The zero-order chi connectivity index (χ0) is 30.9. The van der Waals surface area contributed by atoms with Crippen LogP contribution >= 0.6 is 11.3 Å². The maximum Gasteiger partial charge on any atom is 0.254 e. The first-order chi connectivity index (χ1) is 21.9. The maximum absolute atomic E-state index is 13.3. The number of aliphatic imine (C=N–C) groups is 1. The highest BCUT2D eigenvalue weighted by Crippen LogP contribution is 2.37. The highest BCUT2D eigenvalue weighted by Gasteiger charge is 2.32. The molecule has 1 aromatic heterocycles. The smallest absolute Gasteiger partial charge is 0.254 e. The van der Waals surface area contributed by atoms with Gasteiger partial charge in [-0.2, -0.15) is 0 Å². The predicted octanol–water partition coefficient (Wildman–Crippen LogP) is 6.69. The van der Waals surface area contributed by atoms with Gasteiger partial charge in [-0.3, -0.25) is 14.6 Å². The summed E-state index contributed by atoms with van der Waals surface area (Å²) in [5.41, 5.74) is 7.44. The molecule has 0 spiro atoms. The van der Waals surface area contributed by atoms with E-state index in [9.17, 15) is 9.59 Å². The maximum atomic E-state index is 13.3. The van der Waals surface area contributed by atoms with Crippen LogP contribution in [-0.2, 0) is 24.2 Å². The standard InChI is InChI=1S/C37H40N4O3S/c1-24(19-29-13-14-35(45-29)25-9-11-28(44-2)12-10-25)38-31-7-5-8-34(42)36(31)33-21-26-20-30-27(22-32(26)39-33)23-41(37(30)43)18-6-17-40-15-3-4-16-40/h5,7,9-14,20,22,24,39H,3-4,6,8,15-19,21,23H2,1-2H3. The number of likely N-dealkylation sites (tertiary alicyclic amines) is 1. The molecule has 1 fully saturated rings. The lowest BCUT2D eigenvalue weighted by molar-refractivity contribution is -0.114. The van der Waals surface area contributed by atoms with E-state index in [2.05, 4.69) is 47.5 Å². The van der Waals surface area contributed by atoms with E-state index in [0.717, 1.165) is 65.5 Å². The van der Waals surface area contributed by atoms with Crippen molar-refractivity contribution in [1.82, 2.24) is 9.80 Å². The summed E-state index contributed by atoms with van der Waals surface area (Å²) >= 11 is 1.78. The fourth-order valence-corrected chi connectivity index (χ4v) is 8.09. The number of rotatable bonds is 9. The quantitative estimate of drug-likeness (QED) is 0.270. The molecule has 7 rings (SSSR count). The molecule has 45 heavy (non-hydrogen) atoms. The van der Waals surface area contributed by atoms with Gasteiger partial charge >= 0.3 is 0 Å². The van der Waals surface area contributed by atoms with Gasteiger partial charge in [-0.05, 0) is 117 Å². The van der Waals surface area contributed by atoms with Crippen LogP contribution in [0.15, 0.2) is 76.9 Å². The van der Waals surface area contributed by atoms with Crippen LogP contribution in [0.3, 0.4) is 0 Å². The van der Waals surface area contributed by atoms with E-state index >= 15 is 0 Å². The molecule has 2 aromatic carbocycles. The Bertz CT molecular complexity index is 1710. The van der Waals surface area contributed by atoms with E-state index in [1.807, 2.05) is 35.3 Å². The van der Waals surface area contributed by atoms with Crippen LogP contribution in [0.2, 0.25) is 0 Å². The minimum absolute atomic E-state index is 0.00942. The van der Waals surface area contributed by atoms with E-state index in [1.54, 1.807) is 18.4 Å². The number of anilines is 1. The fourth-order valence-electron chi connectivity index (χ4n) is 6.96. The van der Waals surface area contributed by atoms with Crippen LogP contribution < -0.4 is 10.1 Å². The van der Waals surface area contributed by atoms with E-state index in [0.29, 0.717) is 25.0 Å². The number of benzene rings is 2. The zero-order valence-electron chi connectivity index (χ0n) is 26.1. The van der Waals surface area contributed by atoms with Gasteiger partial charge in [0.15, 0.2) is 5.78 Å². The Labute approximate surface area is 269 Å². The minimum atomic E-state index is 0.00942. The Balaban J connectivity index is 1.04. The molecule has 3 aliphatic heterocycles. The predicted molar refractivity (Wildman–Crippen MR) is 181 cm³/mol. The third-order valence-electron chi connectivity index (χ3n) is 9.27. The van der Waals surface area contributed by atoms with Gasteiger partial charge in [0.25, 0.3) is 5.91 Å². The van der Waals surface area contributed by atoms with Gasteiger partial charge in [0.05, 0.1) is 24.4 Å². The molecule has 1 saturated heterocycles. The van der Waals surface area contributed by atoms with Crippen molar-refractivity contribution in [2.75, 3.05) is 38.6 Å². The Kier molecular flexibility index (Phi) is 8.43. The Morgan fingerprint density at radius 1 is 1.02 bits per heavy atom. The van der Waals surface area contributed by atoms with Crippen LogP contribution in [0.5, 0.6) is 5.75 Å².